The highest BCUT2D eigenvalue weighted by molar-refractivity contribution is 6.06. The van der Waals surface area contributed by atoms with Gasteiger partial charge in [-0.25, -0.2) is 4.79 Å². The third-order valence-electron chi connectivity index (χ3n) is 3.94. The Bertz CT molecular complexity index is 1130. The molecule has 9 heteroatoms. The zero-order chi connectivity index (χ0) is 20.3. The maximum atomic E-state index is 12.5. The molecule has 0 saturated heterocycles. The van der Waals surface area contributed by atoms with E-state index in [0.717, 1.165) is 0 Å². The number of hydrogen-bond donors (Lipinski definition) is 2. The van der Waals surface area contributed by atoms with Crippen LogP contribution in [-0.2, 0) is 4.74 Å². The number of amides is 1. The van der Waals surface area contributed by atoms with Crippen LogP contribution < -0.4 is 10.9 Å². The molecule has 1 aromatic heterocycles. The van der Waals surface area contributed by atoms with Crippen molar-refractivity contribution in [3.63, 3.8) is 0 Å². The number of H-pyrrole nitrogens is 1. The van der Waals surface area contributed by atoms with Crippen LogP contribution in [-0.4, -0.2) is 28.4 Å². The van der Waals surface area contributed by atoms with E-state index in [1.54, 1.807) is 6.92 Å². The molecule has 0 aliphatic carbocycles. The average molecular weight is 381 g/mol. The van der Waals surface area contributed by atoms with E-state index in [2.05, 4.69) is 10.3 Å². The van der Waals surface area contributed by atoms with Crippen LogP contribution in [0.4, 0.5) is 11.4 Å². The molecule has 2 N–H and O–H groups in total. The van der Waals surface area contributed by atoms with Crippen LogP contribution in [0.2, 0.25) is 0 Å². The molecule has 9 nitrogen and oxygen atoms in total. The van der Waals surface area contributed by atoms with Gasteiger partial charge in [0.25, 0.3) is 17.2 Å². The Labute approximate surface area is 158 Å². The normalized spacial score (nSPS) is 10.5. The Morgan fingerprint density at radius 2 is 1.86 bits per heavy atom. The van der Waals surface area contributed by atoms with Gasteiger partial charge in [0, 0.05) is 28.7 Å². The molecule has 3 aromatic rings. The fourth-order valence-corrected chi connectivity index (χ4v) is 2.58. The SMILES string of the molecule is CCOC(=O)c1ccc(NC(=O)c2cc3cc([N+](=O)[O-])ccc3[nH]c2=O)cc1. The van der Waals surface area contributed by atoms with Crippen LogP contribution in [0, 0.1) is 10.1 Å². The predicted molar refractivity (Wildman–Crippen MR) is 102 cm³/mol. The number of hydrogen-bond acceptors (Lipinski definition) is 6. The molecule has 1 amide bonds. The first-order valence-corrected chi connectivity index (χ1v) is 8.29. The van der Waals surface area contributed by atoms with Crippen molar-refractivity contribution >= 4 is 34.2 Å². The number of nitro groups is 1. The second-order valence-corrected chi connectivity index (χ2v) is 5.79. The number of nitrogens with one attached hydrogen (secondary N) is 2. The van der Waals surface area contributed by atoms with Gasteiger partial charge < -0.3 is 15.0 Å². The minimum Gasteiger partial charge on any atom is -0.462 e. The number of aromatic amines is 1. The molecule has 0 fully saturated rings. The summed E-state index contributed by atoms with van der Waals surface area (Å²) in [7, 11) is 0. The lowest BCUT2D eigenvalue weighted by atomic mass is 10.1. The van der Waals surface area contributed by atoms with E-state index in [1.165, 1.54) is 48.5 Å². The second kappa shape index (κ2) is 7.70. The number of pyridine rings is 1. The number of esters is 1. The number of carbonyl (C=O) groups excluding carboxylic acids is 2. The van der Waals surface area contributed by atoms with Gasteiger partial charge in [0.05, 0.1) is 17.1 Å². The summed E-state index contributed by atoms with van der Waals surface area (Å²) in [6.07, 6.45) is 0. The number of ether oxygens (including phenoxy) is 1. The third-order valence-corrected chi connectivity index (χ3v) is 3.94. The van der Waals surface area contributed by atoms with E-state index >= 15 is 0 Å². The van der Waals surface area contributed by atoms with Crippen LogP contribution in [0.1, 0.15) is 27.6 Å². The van der Waals surface area contributed by atoms with Gasteiger partial charge in [0.2, 0.25) is 0 Å². The lowest BCUT2D eigenvalue weighted by Gasteiger charge is -2.07. The summed E-state index contributed by atoms with van der Waals surface area (Å²) >= 11 is 0. The number of benzene rings is 2. The van der Waals surface area contributed by atoms with Crippen LogP contribution in [0.5, 0.6) is 0 Å². The summed E-state index contributed by atoms with van der Waals surface area (Å²) in [6, 6.07) is 11.2. The van der Waals surface area contributed by atoms with E-state index in [0.29, 0.717) is 22.2 Å². The van der Waals surface area contributed by atoms with Crippen molar-refractivity contribution in [1.29, 1.82) is 0 Å². The van der Waals surface area contributed by atoms with Gasteiger partial charge in [0.15, 0.2) is 0 Å². The summed E-state index contributed by atoms with van der Waals surface area (Å²) < 4.78 is 4.88. The highest BCUT2D eigenvalue weighted by Crippen LogP contribution is 2.19. The number of aromatic nitrogens is 1. The lowest BCUT2D eigenvalue weighted by molar-refractivity contribution is -0.384. The van der Waals surface area contributed by atoms with Gasteiger partial charge in [-0.1, -0.05) is 0 Å². The van der Waals surface area contributed by atoms with E-state index < -0.39 is 22.4 Å². The number of nitrogens with zero attached hydrogens (tertiary/aromatic N) is 1. The maximum absolute atomic E-state index is 12.5. The highest BCUT2D eigenvalue weighted by atomic mass is 16.6. The summed E-state index contributed by atoms with van der Waals surface area (Å²) in [5.74, 6) is -1.16. The second-order valence-electron chi connectivity index (χ2n) is 5.79. The van der Waals surface area contributed by atoms with Crippen LogP contribution >= 0.6 is 0 Å². The molecule has 0 spiro atoms. The predicted octanol–water partition coefficient (Wildman–Crippen LogP) is 2.87. The van der Waals surface area contributed by atoms with E-state index in [9.17, 15) is 24.5 Å². The van der Waals surface area contributed by atoms with Crippen LogP contribution in [0.15, 0.2) is 53.3 Å². The molecule has 0 aliphatic rings. The molecule has 1 heterocycles. The maximum Gasteiger partial charge on any atom is 0.338 e. The third kappa shape index (κ3) is 3.88. The molecule has 2 aromatic carbocycles. The van der Waals surface area contributed by atoms with Crippen molar-refractivity contribution in [2.75, 3.05) is 11.9 Å². The fourth-order valence-electron chi connectivity index (χ4n) is 2.58. The van der Waals surface area contributed by atoms with Gasteiger partial charge in [-0.15, -0.1) is 0 Å². The molecule has 0 saturated carbocycles. The highest BCUT2D eigenvalue weighted by Gasteiger charge is 2.15. The molecule has 3 rings (SSSR count). The molecule has 0 radical (unpaired) electrons. The van der Waals surface area contributed by atoms with E-state index in [1.807, 2.05) is 0 Å². The topological polar surface area (TPSA) is 131 Å². The van der Waals surface area contributed by atoms with Gasteiger partial charge in [-0.3, -0.25) is 19.7 Å². The van der Waals surface area contributed by atoms with E-state index in [4.69, 9.17) is 4.74 Å². The van der Waals surface area contributed by atoms with Gasteiger partial charge in [-0.2, -0.15) is 0 Å². The Morgan fingerprint density at radius 1 is 1.14 bits per heavy atom. The first-order valence-electron chi connectivity index (χ1n) is 8.29. The van der Waals surface area contributed by atoms with Crippen molar-refractivity contribution in [2.24, 2.45) is 0 Å². The summed E-state index contributed by atoms with van der Waals surface area (Å²) in [5, 5.41) is 13.8. The first-order chi connectivity index (χ1) is 13.4. The van der Waals surface area contributed by atoms with Crippen molar-refractivity contribution in [3.05, 3.63) is 80.1 Å². The average Bonchev–Trinajstić information content (AvgIpc) is 2.67. The molecule has 0 aliphatic heterocycles. The molecule has 0 atom stereocenters. The smallest absolute Gasteiger partial charge is 0.338 e. The van der Waals surface area contributed by atoms with Gasteiger partial charge in [-0.05, 0) is 43.3 Å². The van der Waals surface area contributed by atoms with Crippen molar-refractivity contribution in [3.8, 4) is 0 Å². The summed E-state index contributed by atoms with van der Waals surface area (Å²) in [6.45, 7) is 1.95. The minimum absolute atomic E-state index is 0.152. The van der Waals surface area contributed by atoms with Gasteiger partial charge >= 0.3 is 5.97 Å². The van der Waals surface area contributed by atoms with Gasteiger partial charge in [0.1, 0.15) is 5.56 Å². The van der Waals surface area contributed by atoms with Crippen LogP contribution in [0.3, 0.4) is 0 Å². The molecular weight excluding hydrogens is 366 g/mol. The lowest BCUT2D eigenvalue weighted by Crippen LogP contribution is -2.23. The largest absolute Gasteiger partial charge is 0.462 e. The molecular formula is C19H15N3O6. The summed E-state index contributed by atoms with van der Waals surface area (Å²) in [4.78, 5) is 49.2. The standard InChI is InChI=1S/C19H15N3O6/c1-2-28-19(25)11-3-5-13(6-4-11)20-17(23)15-10-12-9-14(22(26)27)7-8-16(12)21-18(15)24/h3-10H,2H2,1H3,(H,20,23)(H,21,24). The monoisotopic (exact) mass is 381 g/mol. The number of anilines is 1. The Morgan fingerprint density at radius 3 is 2.50 bits per heavy atom. The number of nitro benzene ring substituents is 1. The summed E-state index contributed by atoms with van der Waals surface area (Å²) in [5.41, 5.74) is 0.114. The number of carbonyl (C=O) groups is 2. The zero-order valence-electron chi connectivity index (χ0n) is 14.7. The number of rotatable bonds is 5. The Kier molecular flexibility index (Phi) is 5.16. The Hall–Kier alpha value is -4.01. The van der Waals surface area contributed by atoms with Crippen LogP contribution in [0.25, 0.3) is 10.9 Å². The number of non-ortho nitro benzene ring substituents is 1. The van der Waals surface area contributed by atoms with E-state index in [-0.39, 0.29) is 17.9 Å². The fraction of sp³-hybridized carbons (Fsp3) is 0.105. The minimum atomic E-state index is -0.682. The van der Waals surface area contributed by atoms with Crippen molar-refractivity contribution in [2.45, 2.75) is 6.92 Å². The first kappa shape index (κ1) is 18.8. The molecule has 28 heavy (non-hydrogen) atoms. The zero-order valence-corrected chi connectivity index (χ0v) is 14.7. The van der Waals surface area contributed by atoms with Crippen molar-refractivity contribution in [1.82, 2.24) is 4.98 Å². The molecule has 0 unspecified atom stereocenters. The Balaban J connectivity index is 1.86. The molecule has 0 bridgehead atoms. The number of fused-ring (bicyclic) bond motifs is 1. The van der Waals surface area contributed by atoms with Crippen molar-refractivity contribution < 1.29 is 19.2 Å². The quantitative estimate of drug-likeness (QED) is 0.397. The molecule has 142 valence electrons.